The van der Waals surface area contributed by atoms with E-state index in [-0.39, 0.29) is 29.6 Å². The third-order valence-corrected chi connectivity index (χ3v) is 6.66. The van der Waals surface area contributed by atoms with Crippen LogP contribution in [0.4, 0.5) is 5.69 Å². The normalized spacial score (nSPS) is 21.7. The van der Waals surface area contributed by atoms with Gasteiger partial charge in [-0.25, -0.2) is 0 Å². The van der Waals surface area contributed by atoms with Gasteiger partial charge < -0.3 is 9.88 Å². The van der Waals surface area contributed by atoms with Crippen molar-refractivity contribution in [3.8, 4) is 0 Å². The molecule has 5 rings (SSSR count). The molecule has 0 saturated carbocycles. The summed E-state index contributed by atoms with van der Waals surface area (Å²) in [7, 11) is 0. The fourth-order valence-electron chi connectivity index (χ4n) is 5.04. The number of likely N-dealkylation sites (tertiary alicyclic amines) is 1. The second-order valence-electron chi connectivity index (χ2n) is 8.36. The van der Waals surface area contributed by atoms with Crippen LogP contribution >= 0.6 is 0 Å². The topological polar surface area (TPSA) is 71.4 Å². The third kappa shape index (κ3) is 2.97. The maximum absolute atomic E-state index is 13.0. The maximum Gasteiger partial charge on any atom is 0.247 e. The molecule has 3 aromatic rings. The van der Waals surface area contributed by atoms with Crippen LogP contribution in [-0.4, -0.2) is 33.2 Å². The van der Waals surface area contributed by atoms with Gasteiger partial charge in [0.1, 0.15) is 6.04 Å². The molecular formula is C25H25N3O3. The summed E-state index contributed by atoms with van der Waals surface area (Å²) in [5, 5.41) is 5.11. The minimum Gasteiger partial charge on any atom is -0.341 e. The lowest BCUT2D eigenvalue weighted by Gasteiger charge is -2.22. The van der Waals surface area contributed by atoms with Crippen molar-refractivity contribution in [1.82, 2.24) is 9.47 Å². The highest BCUT2D eigenvalue weighted by atomic mass is 16.2. The number of fused-ring (bicyclic) bond motifs is 4. The fraction of sp³-hybridized carbons (Fsp3) is 0.320. The number of benzene rings is 2. The molecule has 6 nitrogen and oxygen atoms in total. The molecule has 0 spiro atoms. The van der Waals surface area contributed by atoms with E-state index in [1.165, 1.54) is 4.90 Å². The van der Waals surface area contributed by atoms with Crippen LogP contribution in [0.5, 0.6) is 0 Å². The second kappa shape index (κ2) is 7.38. The van der Waals surface area contributed by atoms with Crippen LogP contribution in [0.15, 0.2) is 54.6 Å². The number of carbonyl (C=O) groups is 3. The first-order valence-corrected chi connectivity index (χ1v) is 10.8. The Morgan fingerprint density at radius 3 is 2.32 bits per heavy atom. The van der Waals surface area contributed by atoms with Gasteiger partial charge in [0, 0.05) is 34.0 Å². The zero-order valence-corrected chi connectivity index (χ0v) is 17.7. The zero-order valence-electron chi connectivity index (χ0n) is 17.7. The van der Waals surface area contributed by atoms with Crippen LogP contribution in [0.2, 0.25) is 0 Å². The molecule has 0 radical (unpaired) electrons. The van der Waals surface area contributed by atoms with Gasteiger partial charge in [-0.05, 0) is 51.0 Å². The van der Waals surface area contributed by atoms with Crippen molar-refractivity contribution in [2.45, 2.75) is 39.3 Å². The number of para-hydroxylation sites is 1. The standard InChI is InChI=1S/C25H25N3O3/c1-3-27-21-11-7-6-8-17(21)20-14-16(12-13-22(20)27)26-23(29)15(2)28-24(30)18-9-4-5-10-19(18)25(28)31/h4-8,11-15,18-19H,3,9-10H2,1-2H3,(H,26,29)/t15-,18-,19-/m0/s1. The van der Waals surface area contributed by atoms with Gasteiger partial charge in [-0.15, -0.1) is 0 Å². The number of allylic oxidation sites excluding steroid dienone is 2. The van der Waals surface area contributed by atoms with Crippen molar-refractivity contribution >= 4 is 45.2 Å². The van der Waals surface area contributed by atoms with E-state index in [0.717, 1.165) is 28.4 Å². The Hall–Kier alpha value is -3.41. The Balaban J connectivity index is 1.42. The van der Waals surface area contributed by atoms with Crippen LogP contribution in [0.1, 0.15) is 26.7 Å². The van der Waals surface area contributed by atoms with Crippen LogP contribution < -0.4 is 5.32 Å². The van der Waals surface area contributed by atoms with Crippen LogP contribution in [0, 0.1) is 11.8 Å². The minimum atomic E-state index is -0.849. The molecule has 158 valence electrons. The molecule has 2 heterocycles. The van der Waals surface area contributed by atoms with E-state index < -0.39 is 6.04 Å². The molecule has 1 fully saturated rings. The van der Waals surface area contributed by atoms with Gasteiger partial charge in [0.2, 0.25) is 17.7 Å². The smallest absolute Gasteiger partial charge is 0.247 e. The zero-order chi connectivity index (χ0) is 21.7. The fourth-order valence-corrected chi connectivity index (χ4v) is 5.04. The molecule has 0 unspecified atom stereocenters. The van der Waals surface area contributed by atoms with E-state index in [4.69, 9.17) is 0 Å². The summed E-state index contributed by atoms with van der Waals surface area (Å²) in [5.74, 6) is -1.48. The summed E-state index contributed by atoms with van der Waals surface area (Å²) in [6.07, 6.45) is 5.03. The van der Waals surface area contributed by atoms with Crippen molar-refractivity contribution in [1.29, 1.82) is 0 Å². The summed E-state index contributed by atoms with van der Waals surface area (Å²) < 4.78 is 2.25. The SMILES string of the molecule is CCn1c2ccccc2c2cc(NC(=O)[C@H](C)N3C(=O)[C@H]4CC=CC[C@@H]4C3=O)ccc21. The highest BCUT2D eigenvalue weighted by Crippen LogP contribution is 2.36. The summed E-state index contributed by atoms with van der Waals surface area (Å²) in [6, 6.07) is 13.2. The number of amides is 3. The van der Waals surface area contributed by atoms with E-state index in [1.807, 2.05) is 42.5 Å². The number of hydrogen-bond donors (Lipinski definition) is 1. The largest absolute Gasteiger partial charge is 0.341 e. The Bertz CT molecular complexity index is 1230. The molecule has 1 aliphatic carbocycles. The van der Waals surface area contributed by atoms with Crippen molar-refractivity contribution in [3.63, 3.8) is 0 Å². The quantitative estimate of drug-likeness (QED) is 0.515. The molecule has 31 heavy (non-hydrogen) atoms. The van der Waals surface area contributed by atoms with E-state index in [9.17, 15) is 14.4 Å². The number of nitrogens with one attached hydrogen (secondary N) is 1. The molecule has 0 bridgehead atoms. The number of imide groups is 1. The average molecular weight is 415 g/mol. The molecule has 3 atom stereocenters. The van der Waals surface area contributed by atoms with Gasteiger partial charge in [0.25, 0.3) is 0 Å². The number of carbonyl (C=O) groups excluding carboxylic acids is 3. The van der Waals surface area contributed by atoms with E-state index in [0.29, 0.717) is 18.5 Å². The molecule has 3 amide bonds. The van der Waals surface area contributed by atoms with E-state index >= 15 is 0 Å². The lowest BCUT2D eigenvalue weighted by molar-refractivity contribution is -0.146. The van der Waals surface area contributed by atoms with Crippen LogP contribution in [0.25, 0.3) is 21.8 Å². The third-order valence-electron chi connectivity index (χ3n) is 6.66. The summed E-state index contributed by atoms with van der Waals surface area (Å²) in [5.41, 5.74) is 2.92. The van der Waals surface area contributed by atoms with Gasteiger partial charge in [-0.3, -0.25) is 19.3 Å². The highest BCUT2D eigenvalue weighted by molar-refractivity contribution is 6.12. The summed E-state index contributed by atoms with van der Waals surface area (Å²) in [4.78, 5) is 39.7. The number of anilines is 1. The van der Waals surface area contributed by atoms with Gasteiger partial charge >= 0.3 is 0 Å². The molecule has 1 saturated heterocycles. The van der Waals surface area contributed by atoms with Crippen molar-refractivity contribution < 1.29 is 14.4 Å². The Kier molecular flexibility index (Phi) is 4.65. The number of aryl methyl sites for hydroxylation is 1. The average Bonchev–Trinajstić information content (AvgIpc) is 3.24. The number of nitrogens with zero attached hydrogens (tertiary/aromatic N) is 2. The first kappa shape index (κ1) is 19.5. The van der Waals surface area contributed by atoms with E-state index in [2.05, 4.69) is 28.9 Å². The van der Waals surface area contributed by atoms with Crippen molar-refractivity contribution in [3.05, 3.63) is 54.6 Å². The van der Waals surface area contributed by atoms with E-state index in [1.54, 1.807) is 6.92 Å². The highest BCUT2D eigenvalue weighted by Gasteiger charge is 2.50. The van der Waals surface area contributed by atoms with Crippen LogP contribution in [-0.2, 0) is 20.9 Å². The summed E-state index contributed by atoms with van der Waals surface area (Å²) in [6.45, 7) is 4.58. The molecule has 2 aliphatic rings. The second-order valence-corrected chi connectivity index (χ2v) is 8.36. The first-order valence-electron chi connectivity index (χ1n) is 10.8. The lowest BCUT2D eigenvalue weighted by atomic mass is 9.85. The Morgan fingerprint density at radius 1 is 1.00 bits per heavy atom. The predicted octanol–water partition coefficient (Wildman–Crippen LogP) is 4.09. The monoisotopic (exact) mass is 415 g/mol. The Labute approximate surface area is 180 Å². The molecule has 1 N–H and O–H groups in total. The van der Waals surface area contributed by atoms with Gasteiger partial charge in [0.15, 0.2) is 0 Å². The lowest BCUT2D eigenvalue weighted by Crippen LogP contribution is -2.46. The van der Waals surface area contributed by atoms with Crippen molar-refractivity contribution in [2.24, 2.45) is 11.8 Å². The maximum atomic E-state index is 13.0. The van der Waals surface area contributed by atoms with Gasteiger partial charge in [-0.1, -0.05) is 30.4 Å². The first-order chi connectivity index (χ1) is 15.0. The molecule has 1 aromatic heterocycles. The summed E-state index contributed by atoms with van der Waals surface area (Å²) >= 11 is 0. The molecule has 2 aromatic carbocycles. The van der Waals surface area contributed by atoms with Crippen molar-refractivity contribution in [2.75, 3.05) is 5.32 Å². The van der Waals surface area contributed by atoms with Gasteiger partial charge in [0.05, 0.1) is 11.8 Å². The van der Waals surface area contributed by atoms with Crippen LogP contribution in [0.3, 0.4) is 0 Å². The molecule has 6 heteroatoms. The molecular weight excluding hydrogens is 390 g/mol. The number of rotatable bonds is 4. The number of hydrogen-bond acceptors (Lipinski definition) is 3. The van der Waals surface area contributed by atoms with Gasteiger partial charge in [-0.2, -0.15) is 0 Å². The minimum absolute atomic E-state index is 0.233. The Morgan fingerprint density at radius 2 is 1.65 bits per heavy atom. The molecule has 1 aliphatic heterocycles. The number of aromatic nitrogens is 1. The predicted molar refractivity (Wildman–Crippen MR) is 120 cm³/mol.